The molecule has 0 rings (SSSR count). The van der Waals surface area contributed by atoms with Gasteiger partial charge in [-0.25, -0.2) is 0 Å². The van der Waals surface area contributed by atoms with Crippen LogP contribution in [0.3, 0.4) is 0 Å². The van der Waals surface area contributed by atoms with Gasteiger partial charge in [-0.3, -0.25) is 4.90 Å². The molecule has 0 spiro atoms. The van der Waals surface area contributed by atoms with Crippen LogP contribution in [0, 0.1) is 11.3 Å². The Bertz CT molecular complexity index is 222. The van der Waals surface area contributed by atoms with Crippen molar-refractivity contribution in [2.45, 2.75) is 32.0 Å². The topological polar surface area (TPSA) is 39.1 Å². The van der Waals surface area contributed by atoms with Gasteiger partial charge in [0.15, 0.2) is 0 Å². The summed E-state index contributed by atoms with van der Waals surface area (Å²) in [5, 5.41) is 11.7. The molecule has 1 atom stereocenters. The monoisotopic (exact) mass is 237 g/mol. The largest absolute Gasteiger partial charge is 0.401 e. The molecule has 0 aromatic rings. The summed E-state index contributed by atoms with van der Waals surface area (Å²) in [6, 6.07) is 1.67. The Kier molecular flexibility index (Phi) is 7.10. The lowest BCUT2D eigenvalue weighted by atomic mass is 10.2. The molecule has 1 N–H and O–H groups in total. The highest BCUT2D eigenvalue weighted by Gasteiger charge is 2.29. The Balaban J connectivity index is 3.80. The van der Waals surface area contributed by atoms with Crippen LogP contribution < -0.4 is 5.32 Å². The molecule has 0 saturated carbocycles. The van der Waals surface area contributed by atoms with Crippen LogP contribution in [0.15, 0.2) is 0 Å². The molecular formula is C10H18F3N3. The van der Waals surface area contributed by atoms with Gasteiger partial charge in [-0.2, -0.15) is 18.4 Å². The Morgan fingerprint density at radius 1 is 1.44 bits per heavy atom. The number of halogens is 3. The molecule has 0 bridgehead atoms. The van der Waals surface area contributed by atoms with E-state index in [2.05, 4.69) is 5.32 Å². The van der Waals surface area contributed by atoms with E-state index >= 15 is 0 Å². The molecule has 0 saturated heterocycles. The fourth-order valence-electron chi connectivity index (χ4n) is 1.27. The molecule has 6 heteroatoms. The number of nitrogens with one attached hydrogen (secondary N) is 1. The van der Waals surface area contributed by atoms with Gasteiger partial charge in [-0.05, 0) is 26.4 Å². The predicted molar refractivity (Wildman–Crippen MR) is 55.9 cm³/mol. The second kappa shape index (κ2) is 7.47. The van der Waals surface area contributed by atoms with E-state index in [4.69, 9.17) is 5.26 Å². The molecule has 0 aliphatic carbocycles. The molecule has 0 aliphatic heterocycles. The van der Waals surface area contributed by atoms with Crippen LogP contribution in [0.25, 0.3) is 0 Å². The first-order valence-electron chi connectivity index (χ1n) is 5.27. The first kappa shape index (κ1) is 15.2. The summed E-state index contributed by atoms with van der Waals surface area (Å²) >= 11 is 0. The van der Waals surface area contributed by atoms with Crippen molar-refractivity contribution in [1.82, 2.24) is 10.2 Å². The molecule has 0 aromatic carbocycles. The molecule has 0 aliphatic rings. The van der Waals surface area contributed by atoms with Crippen LogP contribution in [0.2, 0.25) is 0 Å². The first-order chi connectivity index (χ1) is 7.39. The zero-order valence-corrected chi connectivity index (χ0v) is 9.64. The second-order valence-corrected chi connectivity index (χ2v) is 3.78. The minimum Gasteiger partial charge on any atom is -0.302 e. The summed E-state index contributed by atoms with van der Waals surface area (Å²) in [4.78, 5) is 1.18. The second-order valence-electron chi connectivity index (χ2n) is 3.78. The fourth-order valence-corrected chi connectivity index (χ4v) is 1.27. The number of hydrogen-bond acceptors (Lipinski definition) is 3. The zero-order valence-electron chi connectivity index (χ0n) is 9.64. The maximum Gasteiger partial charge on any atom is 0.401 e. The Labute approximate surface area is 94.2 Å². The van der Waals surface area contributed by atoms with Crippen LogP contribution in [0.5, 0.6) is 0 Å². The van der Waals surface area contributed by atoms with Gasteiger partial charge in [0.2, 0.25) is 0 Å². The lowest BCUT2D eigenvalue weighted by Crippen LogP contribution is -2.36. The molecule has 0 radical (unpaired) electrons. The third kappa shape index (κ3) is 8.50. The van der Waals surface area contributed by atoms with Crippen molar-refractivity contribution in [2.75, 3.05) is 26.7 Å². The summed E-state index contributed by atoms with van der Waals surface area (Å²) < 4.78 is 36.0. The minimum atomic E-state index is -4.17. The van der Waals surface area contributed by atoms with Gasteiger partial charge in [-0.15, -0.1) is 0 Å². The van der Waals surface area contributed by atoms with Crippen LogP contribution in [0.1, 0.15) is 19.8 Å². The van der Waals surface area contributed by atoms with Crippen molar-refractivity contribution >= 4 is 0 Å². The van der Waals surface area contributed by atoms with E-state index in [1.165, 1.54) is 11.9 Å². The quantitative estimate of drug-likeness (QED) is 0.733. The number of nitriles is 1. The van der Waals surface area contributed by atoms with E-state index in [0.717, 1.165) is 6.42 Å². The molecule has 0 amide bonds. The maximum atomic E-state index is 12.0. The summed E-state index contributed by atoms with van der Waals surface area (Å²) in [6.07, 6.45) is -2.87. The molecule has 94 valence electrons. The van der Waals surface area contributed by atoms with Crippen LogP contribution in [-0.2, 0) is 0 Å². The molecule has 0 heterocycles. The third-order valence-electron chi connectivity index (χ3n) is 2.05. The predicted octanol–water partition coefficient (Wildman–Crippen LogP) is 1.76. The number of hydrogen-bond donors (Lipinski definition) is 1. The summed E-state index contributed by atoms with van der Waals surface area (Å²) in [5.41, 5.74) is 0. The summed E-state index contributed by atoms with van der Waals surface area (Å²) in [5.74, 6) is 0. The lowest BCUT2D eigenvalue weighted by Gasteiger charge is -2.20. The van der Waals surface area contributed by atoms with Gasteiger partial charge >= 0.3 is 6.18 Å². The number of nitrogens with zero attached hydrogens (tertiary/aromatic N) is 2. The molecule has 1 unspecified atom stereocenters. The summed E-state index contributed by atoms with van der Waals surface area (Å²) in [7, 11) is 1.40. The van der Waals surface area contributed by atoms with E-state index in [1.807, 2.05) is 13.0 Å². The first-order valence-corrected chi connectivity index (χ1v) is 5.27. The Hall–Kier alpha value is -0.800. The van der Waals surface area contributed by atoms with E-state index in [-0.39, 0.29) is 12.6 Å². The normalized spacial score (nSPS) is 13.8. The Morgan fingerprint density at radius 3 is 2.50 bits per heavy atom. The average Bonchev–Trinajstić information content (AvgIpc) is 2.15. The van der Waals surface area contributed by atoms with Gasteiger partial charge in [0.05, 0.1) is 18.7 Å². The van der Waals surface area contributed by atoms with Crippen molar-refractivity contribution in [1.29, 1.82) is 5.26 Å². The smallest absolute Gasteiger partial charge is 0.302 e. The van der Waals surface area contributed by atoms with Gasteiger partial charge in [-0.1, -0.05) is 6.92 Å². The van der Waals surface area contributed by atoms with E-state index in [1.54, 1.807) is 0 Å². The van der Waals surface area contributed by atoms with Crippen LogP contribution >= 0.6 is 0 Å². The molecule has 16 heavy (non-hydrogen) atoms. The molecule has 0 aromatic heterocycles. The van der Waals surface area contributed by atoms with Crippen molar-refractivity contribution in [3.05, 3.63) is 0 Å². The van der Waals surface area contributed by atoms with E-state index < -0.39 is 12.7 Å². The highest BCUT2D eigenvalue weighted by atomic mass is 19.4. The highest BCUT2D eigenvalue weighted by molar-refractivity contribution is 4.89. The van der Waals surface area contributed by atoms with E-state index in [0.29, 0.717) is 13.0 Å². The third-order valence-corrected chi connectivity index (χ3v) is 2.05. The highest BCUT2D eigenvalue weighted by Crippen LogP contribution is 2.15. The van der Waals surface area contributed by atoms with Crippen molar-refractivity contribution in [2.24, 2.45) is 0 Å². The van der Waals surface area contributed by atoms with Crippen molar-refractivity contribution in [3.63, 3.8) is 0 Å². The minimum absolute atomic E-state index is 0.258. The molecule has 0 fully saturated rings. The van der Waals surface area contributed by atoms with Crippen LogP contribution in [0.4, 0.5) is 13.2 Å². The van der Waals surface area contributed by atoms with E-state index in [9.17, 15) is 13.2 Å². The maximum absolute atomic E-state index is 12.0. The van der Waals surface area contributed by atoms with Crippen molar-refractivity contribution in [3.8, 4) is 6.07 Å². The average molecular weight is 237 g/mol. The lowest BCUT2D eigenvalue weighted by molar-refractivity contribution is -0.143. The van der Waals surface area contributed by atoms with Gasteiger partial charge in [0.1, 0.15) is 0 Å². The summed E-state index contributed by atoms with van der Waals surface area (Å²) in [6.45, 7) is 2.01. The SMILES string of the molecule is CCCNC(C#N)CCN(C)CC(F)(F)F. The molecule has 3 nitrogen and oxygen atoms in total. The van der Waals surface area contributed by atoms with Gasteiger partial charge in [0, 0.05) is 6.54 Å². The fraction of sp³-hybridized carbons (Fsp3) is 0.900. The number of rotatable bonds is 7. The molecular weight excluding hydrogens is 219 g/mol. The number of alkyl halides is 3. The van der Waals surface area contributed by atoms with Crippen LogP contribution in [-0.4, -0.2) is 43.8 Å². The Morgan fingerprint density at radius 2 is 2.06 bits per heavy atom. The zero-order chi connectivity index (χ0) is 12.6. The van der Waals surface area contributed by atoms with Gasteiger partial charge in [0.25, 0.3) is 0 Å². The van der Waals surface area contributed by atoms with Crippen molar-refractivity contribution < 1.29 is 13.2 Å². The van der Waals surface area contributed by atoms with Gasteiger partial charge < -0.3 is 5.32 Å². The standard InChI is InChI=1S/C10H18F3N3/c1-3-5-15-9(7-14)4-6-16(2)8-10(11,12)13/h9,15H,3-6,8H2,1-2H3.